The molecule has 5 rings (SSSR count). The van der Waals surface area contributed by atoms with Gasteiger partial charge in [0.05, 0.1) is 0 Å². The molecule has 2 aliphatic heterocycles. The largest absolute Gasteiger partial charge is 0.454 e. The number of ether oxygens (including phenoxy) is 3. The van der Waals surface area contributed by atoms with E-state index in [4.69, 9.17) is 14.2 Å². The van der Waals surface area contributed by atoms with Gasteiger partial charge in [-0.25, -0.2) is 4.98 Å². The number of hydrogen-bond donors (Lipinski definition) is 0. The second-order valence-corrected chi connectivity index (χ2v) is 7.65. The Hall–Kier alpha value is -3.09. The fourth-order valence-electron chi connectivity index (χ4n) is 3.85. The lowest BCUT2D eigenvalue weighted by Crippen LogP contribution is -2.45. The molecule has 3 heterocycles. The van der Waals surface area contributed by atoms with E-state index in [1.807, 2.05) is 36.4 Å². The first kappa shape index (κ1) is 18.9. The van der Waals surface area contributed by atoms with Gasteiger partial charge in [-0.15, -0.1) is 0 Å². The molecule has 1 aromatic heterocycles. The summed E-state index contributed by atoms with van der Waals surface area (Å²) in [4.78, 5) is 9.20. The Labute approximate surface area is 176 Å². The second kappa shape index (κ2) is 8.73. The first-order chi connectivity index (χ1) is 14.8. The first-order valence-electron chi connectivity index (χ1n) is 10.3. The molecular weight excluding hydrogens is 378 g/mol. The number of nitrogens with zero attached hydrogens (tertiary/aromatic N) is 3. The van der Waals surface area contributed by atoms with Crippen LogP contribution in [0.3, 0.4) is 0 Å². The summed E-state index contributed by atoms with van der Waals surface area (Å²) in [6, 6.07) is 20.2. The van der Waals surface area contributed by atoms with Crippen molar-refractivity contribution in [2.24, 2.45) is 0 Å². The number of aromatic nitrogens is 1. The molecule has 2 aliphatic rings. The maximum atomic E-state index is 5.77. The highest BCUT2D eigenvalue weighted by atomic mass is 16.7. The molecule has 154 valence electrons. The molecule has 0 radical (unpaired) electrons. The fourth-order valence-corrected chi connectivity index (χ4v) is 3.85. The highest BCUT2D eigenvalue weighted by Crippen LogP contribution is 2.32. The van der Waals surface area contributed by atoms with Crippen molar-refractivity contribution < 1.29 is 14.2 Å². The number of piperazine rings is 1. The number of benzene rings is 2. The van der Waals surface area contributed by atoms with Crippen LogP contribution >= 0.6 is 0 Å². The molecule has 0 bridgehead atoms. The van der Waals surface area contributed by atoms with Crippen LogP contribution in [-0.4, -0.2) is 47.8 Å². The Morgan fingerprint density at radius 3 is 2.20 bits per heavy atom. The molecule has 0 saturated carbocycles. The van der Waals surface area contributed by atoms with Crippen LogP contribution in [0, 0.1) is 0 Å². The van der Waals surface area contributed by atoms with Crippen LogP contribution in [-0.2, 0) is 13.1 Å². The smallest absolute Gasteiger partial charge is 0.231 e. The average Bonchev–Trinajstić information content (AvgIpc) is 3.25. The monoisotopic (exact) mass is 403 g/mol. The van der Waals surface area contributed by atoms with Gasteiger partial charge in [0.25, 0.3) is 0 Å². The molecule has 0 aliphatic carbocycles. The van der Waals surface area contributed by atoms with E-state index in [9.17, 15) is 0 Å². The van der Waals surface area contributed by atoms with Crippen LogP contribution in [0.2, 0.25) is 0 Å². The third-order valence-electron chi connectivity index (χ3n) is 5.50. The zero-order chi connectivity index (χ0) is 20.2. The molecule has 0 N–H and O–H groups in total. The van der Waals surface area contributed by atoms with Gasteiger partial charge in [0.2, 0.25) is 12.7 Å². The average molecular weight is 403 g/mol. The van der Waals surface area contributed by atoms with Gasteiger partial charge >= 0.3 is 0 Å². The van der Waals surface area contributed by atoms with Crippen molar-refractivity contribution in [3.05, 3.63) is 78.0 Å². The molecule has 30 heavy (non-hydrogen) atoms. The molecule has 0 atom stereocenters. The van der Waals surface area contributed by atoms with Gasteiger partial charge in [0.15, 0.2) is 11.5 Å². The summed E-state index contributed by atoms with van der Waals surface area (Å²) in [7, 11) is 0. The van der Waals surface area contributed by atoms with E-state index in [0.717, 1.165) is 56.5 Å². The van der Waals surface area contributed by atoms with Gasteiger partial charge in [-0.05, 0) is 41.5 Å². The Kier molecular flexibility index (Phi) is 5.50. The zero-order valence-corrected chi connectivity index (χ0v) is 16.9. The van der Waals surface area contributed by atoms with Crippen LogP contribution in [0.15, 0.2) is 66.9 Å². The number of rotatable bonds is 6. The minimum atomic E-state index is 0.327. The van der Waals surface area contributed by atoms with E-state index >= 15 is 0 Å². The highest BCUT2D eigenvalue weighted by molar-refractivity contribution is 5.44. The van der Waals surface area contributed by atoms with Gasteiger partial charge < -0.3 is 14.2 Å². The zero-order valence-electron chi connectivity index (χ0n) is 16.9. The van der Waals surface area contributed by atoms with Crippen molar-refractivity contribution in [3.63, 3.8) is 0 Å². The van der Waals surface area contributed by atoms with Crippen LogP contribution in [0.4, 0.5) is 0 Å². The van der Waals surface area contributed by atoms with Gasteiger partial charge in [-0.1, -0.05) is 24.3 Å². The molecule has 3 aromatic rings. The third-order valence-corrected chi connectivity index (χ3v) is 5.50. The minimum absolute atomic E-state index is 0.327. The van der Waals surface area contributed by atoms with Crippen molar-refractivity contribution in [2.75, 3.05) is 33.0 Å². The lowest BCUT2D eigenvalue weighted by molar-refractivity contribution is 0.122. The van der Waals surface area contributed by atoms with E-state index in [1.165, 1.54) is 11.1 Å². The summed E-state index contributed by atoms with van der Waals surface area (Å²) in [6.07, 6.45) is 1.73. The minimum Gasteiger partial charge on any atom is -0.454 e. The number of pyridine rings is 1. The van der Waals surface area contributed by atoms with Crippen molar-refractivity contribution >= 4 is 0 Å². The maximum absolute atomic E-state index is 5.77. The summed E-state index contributed by atoms with van der Waals surface area (Å²) in [5, 5.41) is 0. The van der Waals surface area contributed by atoms with Crippen molar-refractivity contribution in [1.82, 2.24) is 14.8 Å². The Balaban J connectivity index is 1.10. The molecule has 1 fully saturated rings. The van der Waals surface area contributed by atoms with E-state index in [1.54, 1.807) is 6.20 Å². The van der Waals surface area contributed by atoms with Crippen molar-refractivity contribution in [1.29, 1.82) is 0 Å². The van der Waals surface area contributed by atoms with E-state index in [-0.39, 0.29) is 0 Å². The number of hydrogen-bond acceptors (Lipinski definition) is 6. The lowest BCUT2D eigenvalue weighted by Gasteiger charge is -2.34. The summed E-state index contributed by atoms with van der Waals surface area (Å²) >= 11 is 0. The highest BCUT2D eigenvalue weighted by Gasteiger charge is 2.19. The summed E-state index contributed by atoms with van der Waals surface area (Å²) in [5.41, 5.74) is 2.57. The van der Waals surface area contributed by atoms with E-state index in [2.05, 4.69) is 39.0 Å². The SMILES string of the molecule is c1ccc(Oc2ccc(CN3CCN(Cc4ccc5c(c4)OCO5)CC3)cc2)nc1. The fraction of sp³-hybridized carbons (Fsp3) is 0.292. The molecular formula is C24H25N3O3. The Bertz CT molecular complexity index is 971. The molecule has 0 unspecified atom stereocenters. The van der Waals surface area contributed by atoms with Crippen LogP contribution in [0.1, 0.15) is 11.1 Å². The Morgan fingerprint density at radius 1 is 0.767 bits per heavy atom. The topological polar surface area (TPSA) is 47.1 Å². The van der Waals surface area contributed by atoms with Crippen LogP contribution in [0.5, 0.6) is 23.1 Å². The normalized spacial score (nSPS) is 16.5. The second-order valence-electron chi connectivity index (χ2n) is 7.65. The summed E-state index contributed by atoms with van der Waals surface area (Å²) in [6.45, 7) is 6.50. The van der Waals surface area contributed by atoms with Crippen LogP contribution < -0.4 is 14.2 Å². The molecule has 0 amide bonds. The molecule has 6 nitrogen and oxygen atoms in total. The van der Waals surface area contributed by atoms with Gasteiger partial charge in [0.1, 0.15) is 5.75 Å². The first-order valence-corrected chi connectivity index (χ1v) is 10.3. The molecule has 0 spiro atoms. The van der Waals surface area contributed by atoms with Gasteiger partial charge in [0, 0.05) is 51.5 Å². The summed E-state index contributed by atoms with van der Waals surface area (Å²) in [5.74, 6) is 3.14. The number of fused-ring (bicyclic) bond motifs is 1. The molecule has 6 heteroatoms. The lowest BCUT2D eigenvalue weighted by atomic mass is 10.1. The molecule has 1 saturated heterocycles. The van der Waals surface area contributed by atoms with Crippen molar-refractivity contribution in [3.8, 4) is 23.1 Å². The van der Waals surface area contributed by atoms with Gasteiger partial charge in [-0.2, -0.15) is 0 Å². The van der Waals surface area contributed by atoms with Crippen molar-refractivity contribution in [2.45, 2.75) is 13.1 Å². The quantitative estimate of drug-likeness (QED) is 0.622. The van der Waals surface area contributed by atoms with Crippen LogP contribution in [0.25, 0.3) is 0 Å². The van der Waals surface area contributed by atoms with E-state index < -0.39 is 0 Å². The third kappa shape index (κ3) is 4.56. The Morgan fingerprint density at radius 2 is 1.47 bits per heavy atom. The maximum Gasteiger partial charge on any atom is 0.231 e. The van der Waals surface area contributed by atoms with Gasteiger partial charge in [-0.3, -0.25) is 9.80 Å². The predicted octanol–water partition coefficient (Wildman–Crippen LogP) is 3.92. The predicted molar refractivity (Wildman–Crippen MR) is 114 cm³/mol. The standard InChI is InChI=1S/C24H25N3O3/c1-2-10-25-24(3-1)30-21-7-4-19(5-8-21)16-26-11-13-27(14-12-26)17-20-6-9-22-23(15-20)29-18-28-22/h1-10,15H,11-14,16-18H2. The van der Waals surface area contributed by atoms with E-state index in [0.29, 0.717) is 12.7 Å². The summed E-state index contributed by atoms with van der Waals surface area (Å²) < 4.78 is 16.7. The molecule has 2 aromatic carbocycles.